The maximum Gasteiger partial charge on any atom is 0.170 e. The van der Waals surface area contributed by atoms with Crippen LogP contribution in [0.25, 0.3) is 32.6 Å². The van der Waals surface area contributed by atoms with Gasteiger partial charge in [0.2, 0.25) is 0 Å². The Morgan fingerprint density at radius 1 is 0.681 bits per heavy atom. The molecule has 0 atom stereocenters. The van der Waals surface area contributed by atoms with Crippen LogP contribution in [0.4, 0.5) is 25.8 Å². The fourth-order valence-corrected chi connectivity index (χ4v) is 6.68. The molecule has 0 aliphatic carbocycles. The molecular weight excluding hydrogens is 637 g/mol. The van der Waals surface area contributed by atoms with Gasteiger partial charge < -0.3 is 14.4 Å². The van der Waals surface area contributed by atoms with Crippen molar-refractivity contribution in [2.24, 2.45) is 0 Å². The summed E-state index contributed by atoms with van der Waals surface area (Å²) in [7, 11) is 0. The standard InChI is InChI=1S/C37H33F2N3O3S2/c1-3-5-21-44-28-15-11-26(12-16-28)42(27-13-17-29(18-14-27)45-22-6-4-2)25-9-7-24(8-10-25)32-34(38)35(39)33(37-36(32)40-47-41-37)31-20-19-30(23-43)46-31/h7-20,23H,3-6,21-22H2,1-2H3. The van der Waals surface area contributed by atoms with Crippen LogP contribution in [0.2, 0.25) is 0 Å². The normalized spacial score (nSPS) is 11.1. The lowest BCUT2D eigenvalue weighted by Crippen LogP contribution is -2.10. The Hall–Kier alpha value is -4.67. The molecule has 0 spiro atoms. The molecule has 4 aromatic carbocycles. The number of carbonyl (C=O) groups excluding carboxylic acids is 1. The second-order valence-corrected chi connectivity index (χ2v) is 12.6. The number of unbranched alkanes of at least 4 members (excludes halogenated alkanes) is 2. The Morgan fingerprint density at radius 3 is 1.66 bits per heavy atom. The third-order valence-electron chi connectivity index (χ3n) is 7.72. The van der Waals surface area contributed by atoms with Crippen LogP contribution in [0.15, 0.2) is 84.9 Å². The number of thiophene rings is 1. The summed E-state index contributed by atoms with van der Waals surface area (Å²) in [6.07, 6.45) is 4.77. The van der Waals surface area contributed by atoms with Gasteiger partial charge in [-0.15, -0.1) is 11.3 Å². The lowest BCUT2D eigenvalue weighted by molar-refractivity contribution is 0.112. The number of carbonyl (C=O) groups is 1. The molecule has 0 radical (unpaired) electrons. The van der Waals surface area contributed by atoms with Crippen molar-refractivity contribution in [3.63, 3.8) is 0 Å². The molecular formula is C37H33F2N3O3S2. The van der Waals surface area contributed by atoms with Crippen LogP contribution < -0.4 is 14.4 Å². The second-order valence-electron chi connectivity index (χ2n) is 10.9. The van der Waals surface area contributed by atoms with Crippen LogP contribution in [-0.4, -0.2) is 28.2 Å². The lowest BCUT2D eigenvalue weighted by Gasteiger charge is -2.26. The van der Waals surface area contributed by atoms with Gasteiger partial charge in [0.25, 0.3) is 0 Å². The van der Waals surface area contributed by atoms with Crippen molar-refractivity contribution in [2.75, 3.05) is 18.1 Å². The van der Waals surface area contributed by atoms with E-state index in [1.54, 1.807) is 24.3 Å². The van der Waals surface area contributed by atoms with E-state index in [0.29, 0.717) is 34.8 Å². The summed E-state index contributed by atoms with van der Waals surface area (Å²) in [5.41, 5.74) is 3.68. The van der Waals surface area contributed by atoms with Gasteiger partial charge in [0, 0.05) is 27.5 Å². The minimum Gasteiger partial charge on any atom is -0.494 e. The number of anilines is 3. The Balaban J connectivity index is 1.37. The predicted molar refractivity (Wildman–Crippen MR) is 187 cm³/mol. The van der Waals surface area contributed by atoms with E-state index in [0.717, 1.165) is 77.3 Å². The van der Waals surface area contributed by atoms with E-state index in [1.807, 2.05) is 60.7 Å². The smallest absolute Gasteiger partial charge is 0.170 e. The molecule has 2 aromatic heterocycles. The maximum atomic E-state index is 15.9. The zero-order valence-electron chi connectivity index (χ0n) is 26.0. The van der Waals surface area contributed by atoms with Gasteiger partial charge in [-0.3, -0.25) is 4.79 Å². The highest BCUT2D eigenvalue weighted by Crippen LogP contribution is 2.43. The van der Waals surface area contributed by atoms with Crippen LogP contribution in [0.3, 0.4) is 0 Å². The summed E-state index contributed by atoms with van der Waals surface area (Å²) < 4.78 is 52.0. The van der Waals surface area contributed by atoms with E-state index in [4.69, 9.17) is 9.47 Å². The number of halogens is 2. The molecule has 2 heterocycles. The summed E-state index contributed by atoms with van der Waals surface area (Å²) in [5.74, 6) is -0.441. The monoisotopic (exact) mass is 669 g/mol. The highest BCUT2D eigenvalue weighted by atomic mass is 32.1. The summed E-state index contributed by atoms with van der Waals surface area (Å²) in [4.78, 5) is 14.2. The molecule has 6 nitrogen and oxygen atoms in total. The summed E-state index contributed by atoms with van der Waals surface area (Å²) >= 11 is 1.97. The quantitative estimate of drug-likeness (QED) is 0.0849. The first-order valence-electron chi connectivity index (χ1n) is 15.6. The Morgan fingerprint density at radius 2 is 1.17 bits per heavy atom. The van der Waals surface area contributed by atoms with Crippen LogP contribution in [-0.2, 0) is 0 Å². The molecule has 240 valence electrons. The highest BCUT2D eigenvalue weighted by molar-refractivity contribution is 7.17. The van der Waals surface area contributed by atoms with Crippen molar-refractivity contribution in [2.45, 2.75) is 39.5 Å². The minimum absolute atomic E-state index is 0.0140. The van der Waals surface area contributed by atoms with E-state index in [2.05, 4.69) is 27.5 Å². The Bertz CT molecular complexity index is 1900. The number of aldehydes is 1. The Kier molecular flexibility index (Phi) is 10.2. The third-order valence-corrected chi connectivity index (χ3v) is 9.28. The van der Waals surface area contributed by atoms with Crippen LogP contribution in [0.5, 0.6) is 11.5 Å². The number of benzene rings is 4. The van der Waals surface area contributed by atoms with Crippen molar-refractivity contribution in [3.8, 4) is 33.1 Å². The number of aromatic nitrogens is 2. The van der Waals surface area contributed by atoms with E-state index < -0.39 is 11.6 Å². The largest absolute Gasteiger partial charge is 0.494 e. The molecule has 0 aliphatic rings. The van der Waals surface area contributed by atoms with E-state index in [1.165, 1.54) is 0 Å². The van der Waals surface area contributed by atoms with Crippen LogP contribution >= 0.6 is 23.1 Å². The molecule has 6 rings (SSSR count). The molecule has 10 heteroatoms. The van der Waals surface area contributed by atoms with Gasteiger partial charge in [-0.1, -0.05) is 38.8 Å². The predicted octanol–water partition coefficient (Wildman–Crippen LogP) is 11.0. The SMILES string of the molecule is CCCCOc1ccc(N(c2ccc(OCCCC)cc2)c2ccc(-c3c(F)c(F)c(-c4ccc(C=O)s4)c4nsnc34)cc2)cc1. The lowest BCUT2D eigenvalue weighted by atomic mass is 9.98. The number of rotatable bonds is 14. The summed E-state index contributed by atoms with van der Waals surface area (Å²) in [6, 6.07) is 26.3. The molecule has 0 saturated heterocycles. The first kappa shape index (κ1) is 32.3. The zero-order valence-corrected chi connectivity index (χ0v) is 27.7. The van der Waals surface area contributed by atoms with Crippen molar-refractivity contribution in [1.82, 2.24) is 8.75 Å². The number of hydrogen-bond donors (Lipinski definition) is 0. The summed E-state index contributed by atoms with van der Waals surface area (Å²) in [6.45, 7) is 5.58. The van der Waals surface area contributed by atoms with E-state index in [9.17, 15) is 4.79 Å². The Labute approximate surface area is 280 Å². The third kappa shape index (κ3) is 6.89. The zero-order chi connectivity index (χ0) is 32.8. The van der Waals surface area contributed by atoms with Gasteiger partial charge in [-0.2, -0.15) is 8.75 Å². The van der Waals surface area contributed by atoms with Crippen LogP contribution in [0.1, 0.15) is 49.2 Å². The van der Waals surface area contributed by atoms with Crippen molar-refractivity contribution < 1.29 is 23.0 Å². The average Bonchev–Trinajstić information content (AvgIpc) is 3.78. The van der Waals surface area contributed by atoms with Crippen molar-refractivity contribution >= 4 is 57.4 Å². The molecule has 0 bridgehead atoms. The average molecular weight is 670 g/mol. The molecule has 47 heavy (non-hydrogen) atoms. The van der Waals surface area contributed by atoms with Gasteiger partial charge in [0.1, 0.15) is 22.5 Å². The van der Waals surface area contributed by atoms with E-state index >= 15 is 8.78 Å². The minimum atomic E-state index is -1.02. The number of nitrogens with zero attached hydrogens (tertiary/aromatic N) is 3. The van der Waals surface area contributed by atoms with Gasteiger partial charge >= 0.3 is 0 Å². The number of hydrogen-bond acceptors (Lipinski definition) is 8. The van der Waals surface area contributed by atoms with Crippen molar-refractivity contribution in [1.29, 1.82) is 0 Å². The summed E-state index contributed by atoms with van der Waals surface area (Å²) in [5, 5.41) is 0. The molecule has 0 saturated carbocycles. The van der Waals surface area contributed by atoms with E-state index in [-0.39, 0.29) is 22.2 Å². The first-order chi connectivity index (χ1) is 23.0. The maximum absolute atomic E-state index is 15.9. The fraction of sp³-hybridized carbons (Fsp3) is 0.216. The van der Waals surface area contributed by atoms with Crippen LogP contribution in [0, 0.1) is 11.6 Å². The molecule has 0 aliphatic heterocycles. The second kappa shape index (κ2) is 14.8. The fourth-order valence-electron chi connectivity index (χ4n) is 5.26. The van der Waals surface area contributed by atoms with Gasteiger partial charge in [0.15, 0.2) is 17.9 Å². The van der Waals surface area contributed by atoms with Gasteiger partial charge in [-0.25, -0.2) is 8.78 Å². The molecule has 6 aromatic rings. The molecule has 0 amide bonds. The van der Waals surface area contributed by atoms with Crippen molar-refractivity contribution in [3.05, 3.63) is 101 Å². The van der Waals surface area contributed by atoms with Gasteiger partial charge in [-0.05, 0) is 91.2 Å². The topological polar surface area (TPSA) is 64.6 Å². The molecule has 0 fully saturated rings. The number of fused-ring (bicyclic) bond motifs is 1. The highest BCUT2D eigenvalue weighted by Gasteiger charge is 2.26. The first-order valence-corrected chi connectivity index (χ1v) is 17.1. The molecule has 0 N–H and O–H groups in total. The molecule has 0 unspecified atom stereocenters. The van der Waals surface area contributed by atoms with Gasteiger partial charge in [0.05, 0.1) is 35.4 Å². The number of ether oxygens (including phenoxy) is 2.